The highest BCUT2D eigenvalue weighted by molar-refractivity contribution is 7.89. The highest BCUT2D eigenvalue weighted by atomic mass is 32.2. The van der Waals surface area contributed by atoms with E-state index < -0.39 is 10.0 Å². The number of hydrogen-bond donors (Lipinski definition) is 1. The molecule has 3 aromatic rings. The Morgan fingerprint density at radius 1 is 0.968 bits per heavy atom. The maximum absolute atomic E-state index is 13.1. The van der Waals surface area contributed by atoms with Crippen molar-refractivity contribution in [3.8, 4) is 0 Å². The standard InChI is InChI=1S/C24H25FN2O3S/c1-17-4-14-23(15-5-17)31(29,30)27(3)16-19-6-8-21(9-7-19)24(28)26-18(2)20-10-12-22(25)13-11-20/h4-15,18H,16H2,1-3H3,(H,26,28). The summed E-state index contributed by atoms with van der Waals surface area (Å²) in [6, 6.07) is 19.2. The van der Waals surface area contributed by atoms with Crippen molar-refractivity contribution in [2.45, 2.75) is 31.3 Å². The van der Waals surface area contributed by atoms with E-state index in [1.807, 2.05) is 13.8 Å². The zero-order valence-electron chi connectivity index (χ0n) is 17.7. The summed E-state index contributed by atoms with van der Waals surface area (Å²) < 4.78 is 39.8. The average molecular weight is 441 g/mol. The maximum Gasteiger partial charge on any atom is 0.251 e. The SMILES string of the molecule is Cc1ccc(S(=O)(=O)N(C)Cc2ccc(C(=O)NC(C)c3ccc(F)cc3)cc2)cc1. The Kier molecular flexibility index (Phi) is 6.87. The van der Waals surface area contributed by atoms with Crippen molar-refractivity contribution in [2.24, 2.45) is 0 Å². The largest absolute Gasteiger partial charge is 0.346 e. The monoisotopic (exact) mass is 440 g/mol. The van der Waals surface area contributed by atoms with Crippen LogP contribution in [-0.4, -0.2) is 25.7 Å². The lowest BCUT2D eigenvalue weighted by Gasteiger charge is -2.18. The number of benzene rings is 3. The molecule has 7 heteroatoms. The number of amides is 1. The van der Waals surface area contributed by atoms with E-state index in [0.717, 1.165) is 16.7 Å². The zero-order valence-corrected chi connectivity index (χ0v) is 18.5. The van der Waals surface area contributed by atoms with Crippen molar-refractivity contribution in [1.29, 1.82) is 0 Å². The number of nitrogens with zero attached hydrogens (tertiary/aromatic N) is 1. The number of hydrogen-bond acceptors (Lipinski definition) is 3. The highest BCUT2D eigenvalue weighted by Crippen LogP contribution is 2.18. The Bertz CT molecular complexity index is 1140. The van der Waals surface area contributed by atoms with Gasteiger partial charge in [0.25, 0.3) is 5.91 Å². The number of carbonyl (C=O) groups excluding carboxylic acids is 1. The Morgan fingerprint density at radius 3 is 2.13 bits per heavy atom. The first-order chi connectivity index (χ1) is 14.7. The van der Waals surface area contributed by atoms with Gasteiger partial charge in [-0.3, -0.25) is 4.79 Å². The van der Waals surface area contributed by atoms with E-state index in [-0.39, 0.29) is 29.2 Å². The summed E-state index contributed by atoms with van der Waals surface area (Å²) in [7, 11) is -2.07. The van der Waals surface area contributed by atoms with Gasteiger partial charge in [-0.2, -0.15) is 4.31 Å². The van der Waals surface area contributed by atoms with Crippen LogP contribution in [0.25, 0.3) is 0 Å². The summed E-state index contributed by atoms with van der Waals surface area (Å²) in [6.45, 7) is 3.91. The van der Waals surface area contributed by atoms with Gasteiger partial charge in [-0.15, -0.1) is 0 Å². The Morgan fingerprint density at radius 2 is 1.55 bits per heavy atom. The first-order valence-electron chi connectivity index (χ1n) is 9.85. The van der Waals surface area contributed by atoms with Crippen molar-refractivity contribution in [3.63, 3.8) is 0 Å². The van der Waals surface area contributed by atoms with Gasteiger partial charge in [-0.1, -0.05) is 42.0 Å². The normalized spacial score (nSPS) is 12.5. The summed E-state index contributed by atoms with van der Waals surface area (Å²) in [5.41, 5.74) is 3.02. The van der Waals surface area contributed by atoms with E-state index in [0.29, 0.717) is 5.56 Å². The first kappa shape index (κ1) is 22.7. The molecule has 5 nitrogen and oxygen atoms in total. The van der Waals surface area contributed by atoms with Crippen LogP contribution in [0.5, 0.6) is 0 Å². The van der Waals surface area contributed by atoms with Crippen molar-refractivity contribution < 1.29 is 17.6 Å². The number of halogens is 1. The van der Waals surface area contributed by atoms with E-state index >= 15 is 0 Å². The second-order valence-electron chi connectivity index (χ2n) is 7.52. The van der Waals surface area contributed by atoms with E-state index in [1.165, 1.54) is 23.5 Å². The van der Waals surface area contributed by atoms with Crippen LogP contribution >= 0.6 is 0 Å². The molecule has 3 aromatic carbocycles. The summed E-state index contributed by atoms with van der Waals surface area (Å²) in [5.74, 6) is -0.587. The molecule has 0 aliphatic carbocycles. The maximum atomic E-state index is 13.1. The third-order valence-electron chi connectivity index (χ3n) is 5.07. The topological polar surface area (TPSA) is 66.5 Å². The molecule has 162 valence electrons. The average Bonchev–Trinajstić information content (AvgIpc) is 2.75. The highest BCUT2D eigenvalue weighted by Gasteiger charge is 2.21. The molecule has 1 unspecified atom stereocenters. The van der Waals surface area contributed by atoms with Crippen LogP contribution < -0.4 is 5.32 Å². The van der Waals surface area contributed by atoms with Gasteiger partial charge in [0.15, 0.2) is 0 Å². The van der Waals surface area contributed by atoms with Gasteiger partial charge in [0.05, 0.1) is 10.9 Å². The number of sulfonamides is 1. The van der Waals surface area contributed by atoms with Gasteiger partial charge in [0, 0.05) is 19.2 Å². The number of rotatable bonds is 7. The summed E-state index contributed by atoms with van der Waals surface area (Å²) >= 11 is 0. The molecular weight excluding hydrogens is 415 g/mol. The van der Waals surface area contributed by atoms with Crippen LogP contribution in [-0.2, 0) is 16.6 Å². The van der Waals surface area contributed by atoms with Gasteiger partial charge in [-0.25, -0.2) is 12.8 Å². The molecule has 0 saturated heterocycles. The minimum absolute atomic E-state index is 0.185. The minimum Gasteiger partial charge on any atom is -0.346 e. The predicted octanol–water partition coefficient (Wildman–Crippen LogP) is 4.45. The van der Waals surface area contributed by atoms with Gasteiger partial charge in [-0.05, 0) is 61.4 Å². The lowest BCUT2D eigenvalue weighted by molar-refractivity contribution is 0.0940. The van der Waals surface area contributed by atoms with Gasteiger partial charge < -0.3 is 5.32 Å². The quantitative estimate of drug-likeness (QED) is 0.590. The molecule has 31 heavy (non-hydrogen) atoms. The number of nitrogens with one attached hydrogen (secondary N) is 1. The summed E-state index contributed by atoms with van der Waals surface area (Å²) in [5, 5.41) is 2.87. The van der Waals surface area contributed by atoms with Crippen molar-refractivity contribution >= 4 is 15.9 Å². The van der Waals surface area contributed by atoms with Gasteiger partial charge in [0.1, 0.15) is 5.82 Å². The molecule has 0 aromatic heterocycles. The Hall–Kier alpha value is -3.03. The molecule has 0 fully saturated rings. The second kappa shape index (κ2) is 9.41. The molecule has 1 N–H and O–H groups in total. The van der Waals surface area contributed by atoms with Crippen LogP contribution in [0, 0.1) is 12.7 Å². The van der Waals surface area contributed by atoms with Gasteiger partial charge in [0.2, 0.25) is 10.0 Å². The Labute approximate surface area is 182 Å². The third kappa shape index (κ3) is 5.57. The van der Waals surface area contributed by atoms with Crippen molar-refractivity contribution in [3.05, 3.63) is 101 Å². The van der Waals surface area contributed by atoms with E-state index in [1.54, 1.807) is 60.7 Å². The first-order valence-corrected chi connectivity index (χ1v) is 11.3. The minimum atomic E-state index is -3.60. The number of aryl methyl sites for hydroxylation is 1. The van der Waals surface area contributed by atoms with Crippen molar-refractivity contribution in [1.82, 2.24) is 9.62 Å². The van der Waals surface area contributed by atoms with Crippen LogP contribution in [0.2, 0.25) is 0 Å². The molecule has 0 radical (unpaired) electrons. The molecule has 0 saturated carbocycles. The number of carbonyl (C=O) groups is 1. The van der Waals surface area contributed by atoms with Crippen LogP contribution in [0.4, 0.5) is 4.39 Å². The third-order valence-corrected chi connectivity index (χ3v) is 6.89. The van der Waals surface area contributed by atoms with E-state index in [9.17, 15) is 17.6 Å². The smallest absolute Gasteiger partial charge is 0.251 e. The fraction of sp³-hybridized carbons (Fsp3) is 0.208. The molecule has 0 bridgehead atoms. The lowest BCUT2D eigenvalue weighted by atomic mass is 10.1. The fourth-order valence-electron chi connectivity index (χ4n) is 3.11. The zero-order chi connectivity index (χ0) is 22.6. The summed E-state index contributed by atoms with van der Waals surface area (Å²) in [4.78, 5) is 12.8. The van der Waals surface area contributed by atoms with Crippen molar-refractivity contribution in [2.75, 3.05) is 7.05 Å². The molecule has 0 aliphatic rings. The van der Waals surface area contributed by atoms with E-state index in [2.05, 4.69) is 5.32 Å². The van der Waals surface area contributed by atoms with Crippen LogP contribution in [0.15, 0.2) is 77.7 Å². The van der Waals surface area contributed by atoms with Crippen LogP contribution in [0.3, 0.4) is 0 Å². The molecule has 3 rings (SSSR count). The second-order valence-corrected chi connectivity index (χ2v) is 9.56. The molecule has 1 amide bonds. The molecule has 1 atom stereocenters. The molecule has 0 aliphatic heterocycles. The predicted molar refractivity (Wildman–Crippen MR) is 119 cm³/mol. The van der Waals surface area contributed by atoms with Crippen LogP contribution in [0.1, 0.15) is 40.0 Å². The molecular formula is C24H25FN2O3S. The molecule has 0 spiro atoms. The van der Waals surface area contributed by atoms with Gasteiger partial charge >= 0.3 is 0 Å². The van der Waals surface area contributed by atoms with E-state index in [4.69, 9.17) is 0 Å². The fourth-order valence-corrected chi connectivity index (χ4v) is 4.27. The lowest BCUT2D eigenvalue weighted by Crippen LogP contribution is -2.27. The Balaban J connectivity index is 1.64. The summed E-state index contributed by atoms with van der Waals surface area (Å²) in [6.07, 6.45) is 0. The molecule has 0 heterocycles.